The maximum absolute atomic E-state index is 11.8. The quantitative estimate of drug-likeness (QED) is 0.460. The van der Waals surface area contributed by atoms with Gasteiger partial charge in [0.1, 0.15) is 0 Å². The number of ether oxygens (including phenoxy) is 2. The Bertz CT molecular complexity index is 598. The Labute approximate surface area is 109 Å². The Balaban J connectivity index is 2.60. The van der Waals surface area contributed by atoms with Gasteiger partial charge in [0.15, 0.2) is 0 Å². The molecule has 0 aromatic heterocycles. The molecule has 0 unspecified atom stereocenters. The summed E-state index contributed by atoms with van der Waals surface area (Å²) in [6, 6.07) is 6.49. The predicted octanol–water partition coefficient (Wildman–Crippen LogP) is 1.72. The second-order valence-electron chi connectivity index (χ2n) is 3.94. The van der Waals surface area contributed by atoms with E-state index in [0.29, 0.717) is 5.56 Å². The van der Waals surface area contributed by atoms with Crippen molar-refractivity contribution in [1.82, 2.24) is 0 Å². The van der Waals surface area contributed by atoms with Gasteiger partial charge < -0.3 is 9.47 Å². The summed E-state index contributed by atoms with van der Waals surface area (Å²) in [5.41, 5.74) is 0.871. The molecule has 0 saturated carbocycles. The van der Waals surface area contributed by atoms with Crippen LogP contribution in [0.4, 0.5) is 0 Å². The van der Waals surface area contributed by atoms with E-state index in [2.05, 4.69) is 4.74 Å². The van der Waals surface area contributed by atoms with E-state index in [1.807, 2.05) is 0 Å². The molecule has 1 heterocycles. The van der Waals surface area contributed by atoms with Crippen LogP contribution in [-0.2, 0) is 19.1 Å². The van der Waals surface area contributed by atoms with Gasteiger partial charge in [-0.1, -0.05) is 18.2 Å². The van der Waals surface area contributed by atoms with E-state index in [-0.39, 0.29) is 23.3 Å². The van der Waals surface area contributed by atoms with E-state index in [1.54, 1.807) is 31.2 Å². The van der Waals surface area contributed by atoms with Crippen molar-refractivity contribution >= 4 is 23.5 Å². The first-order chi connectivity index (χ1) is 9.06. The van der Waals surface area contributed by atoms with E-state index in [4.69, 9.17) is 4.74 Å². The van der Waals surface area contributed by atoms with Crippen molar-refractivity contribution in [2.24, 2.45) is 0 Å². The van der Waals surface area contributed by atoms with E-state index in [1.165, 1.54) is 6.92 Å². The van der Waals surface area contributed by atoms with Crippen LogP contribution >= 0.6 is 0 Å². The molecule has 5 nitrogen and oxygen atoms in total. The Kier molecular flexibility index (Phi) is 3.46. The molecular formula is C14H12O5. The van der Waals surface area contributed by atoms with E-state index < -0.39 is 17.9 Å². The molecule has 1 aromatic rings. The third kappa shape index (κ3) is 2.27. The Morgan fingerprint density at radius 1 is 1.16 bits per heavy atom. The van der Waals surface area contributed by atoms with Crippen LogP contribution in [0.15, 0.2) is 29.8 Å². The Morgan fingerprint density at radius 2 is 1.79 bits per heavy atom. The summed E-state index contributed by atoms with van der Waals surface area (Å²) >= 11 is 0. The van der Waals surface area contributed by atoms with Gasteiger partial charge in [-0.3, -0.25) is 0 Å². The van der Waals surface area contributed by atoms with Crippen LogP contribution in [0.1, 0.15) is 29.8 Å². The number of hydrogen-bond acceptors (Lipinski definition) is 5. The molecule has 0 bridgehead atoms. The van der Waals surface area contributed by atoms with Crippen LogP contribution < -0.4 is 0 Å². The average Bonchev–Trinajstić information content (AvgIpc) is 2.39. The number of fused-ring (bicyclic) bond motifs is 1. The van der Waals surface area contributed by atoms with E-state index >= 15 is 0 Å². The van der Waals surface area contributed by atoms with Gasteiger partial charge in [-0.15, -0.1) is 0 Å². The van der Waals surface area contributed by atoms with Crippen LogP contribution in [0.2, 0.25) is 0 Å². The van der Waals surface area contributed by atoms with Crippen molar-refractivity contribution in [3.05, 3.63) is 41.0 Å². The minimum Gasteiger partial charge on any atom is -0.463 e. The van der Waals surface area contributed by atoms with E-state index in [9.17, 15) is 14.4 Å². The van der Waals surface area contributed by atoms with E-state index in [0.717, 1.165) is 0 Å². The summed E-state index contributed by atoms with van der Waals surface area (Å²) in [5.74, 6) is -2.13. The van der Waals surface area contributed by atoms with Crippen molar-refractivity contribution in [2.45, 2.75) is 13.8 Å². The average molecular weight is 260 g/mol. The van der Waals surface area contributed by atoms with Crippen molar-refractivity contribution < 1.29 is 23.9 Å². The maximum Gasteiger partial charge on any atom is 0.347 e. The van der Waals surface area contributed by atoms with Crippen molar-refractivity contribution in [3.8, 4) is 0 Å². The SMILES string of the molecule is CCOC(=O)/C(C)=C1\C(=O)OC(=O)c2ccccc21. The lowest BCUT2D eigenvalue weighted by molar-refractivity contribution is -0.139. The lowest BCUT2D eigenvalue weighted by Crippen LogP contribution is -2.24. The normalized spacial score (nSPS) is 16.5. The van der Waals surface area contributed by atoms with Crippen molar-refractivity contribution in [2.75, 3.05) is 6.61 Å². The number of hydrogen-bond donors (Lipinski definition) is 0. The molecule has 1 aliphatic rings. The van der Waals surface area contributed by atoms with Gasteiger partial charge in [0, 0.05) is 11.1 Å². The number of cyclic esters (lactones) is 2. The van der Waals surface area contributed by atoms with Crippen LogP contribution in [0.5, 0.6) is 0 Å². The maximum atomic E-state index is 11.8. The topological polar surface area (TPSA) is 69.7 Å². The van der Waals surface area contributed by atoms with Gasteiger partial charge in [0.2, 0.25) is 0 Å². The second-order valence-corrected chi connectivity index (χ2v) is 3.94. The summed E-state index contributed by atoms with van der Waals surface area (Å²) in [6.45, 7) is 3.35. The molecule has 5 heteroatoms. The number of benzene rings is 1. The molecule has 98 valence electrons. The zero-order valence-electron chi connectivity index (χ0n) is 10.6. The second kappa shape index (κ2) is 5.06. The fraction of sp³-hybridized carbons (Fsp3) is 0.214. The third-order valence-corrected chi connectivity index (χ3v) is 2.76. The molecule has 0 N–H and O–H groups in total. The number of carbonyl (C=O) groups excluding carboxylic acids is 3. The number of carbonyl (C=O) groups is 3. The van der Waals surface area contributed by atoms with Crippen LogP contribution in [0.3, 0.4) is 0 Å². The third-order valence-electron chi connectivity index (χ3n) is 2.76. The van der Waals surface area contributed by atoms with Crippen molar-refractivity contribution in [1.29, 1.82) is 0 Å². The Morgan fingerprint density at radius 3 is 2.42 bits per heavy atom. The highest BCUT2D eigenvalue weighted by Crippen LogP contribution is 2.29. The first kappa shape index (κ1) is 13.0. The van der Waals surface area contributed by atoms with Crippen LogP contribution in [-0.4, -0.2) is 24.5 Å². The summed E-state index contributed by atoms with van der Waals surface area (Å²) in [7, 11) is 0. The monoisotopic (exact) mass is 260 g/mol. The molecule has 0 saturated heterocycles. The lowest BCUT2D eigenvalue weighted by atomic mass is 9.94. The largest absolute Gasteiger partial charge is 0.463 e. The summed E-state index contributed by atoms with van der Waals surface area (Å²) in [6.07, 6.45) is 0. The highest BCUT2D eigenvalue weighted by atomic mass is 16.6. The zero-order chi connectivity index (χ0) is 14.0. The van der Waals surface area contributed by atoms with Gasteiger partial charge in [-0.25, -0.2) is 14.4 Å². The van der Waals surface area contributed by atoms with Gasteiger partial charge in [-0.05, 0) is 19.9 Å². The molecule has 0 spiro atoms. The molecule has 2 rings (SSSR count). The molecule has 0 fully saturated rings. The van der Waals surface area contributed by atoms with Crippen LogP contribution in [0.25, 0.3) is 5.57 Å². The van der Waals surface area contributed by atoms with Gasteiger partial charge in [-0.2, -0.15) is 0 Å². The standard InChI is InChI=1S/C14H12O5/c1-3-18-12(15)8(2)11-9-6-4-5-7-10(9)13(16)19-14(11)17/h4-7H,3H2,1-2H3/b11-8-. The molecule has 1 aliphatic heterocycles. The van der Waals surface area contributed by atoms with Crippen LogP contribution in [0, 0.1) is 0 Å². The first-order valence-corrected chi connectivity index (χ1v) is 5.80. The summed E-state index contributed by atoms with van der Waals surface area (Å²) in [5, 5.41) is 0. The fourth-order valence-corrected chi connectivity index (χ4v) is 1.88. The molecule has 19 heavy (non-hydrogen) atoms. The molecule has 0 radical (unpaired) electrons. The smallest absolute Gasteiger partial charge is 0.347 e. The molecule has 0 aliphatic carbocycles. The lowest BCUT2D eigenvalue weighted by Gasteiger charge is -2.18. The number of esters is 3. The number of rotatable bonds is 2. The minimum absolute atomic E-state index is 0.0775. The minimum atomic E-state index is -0.825. The molecule has 1 aromatic carbocycles. The first-order valence-electron chi connectivity index (χ1n) is 5.80. The Hall–Kier alpha value is -2.43. The summed E-state index contributed by atoms with van der Waals surface area (Å²) in [4.78, 5) is 35.1. The van der Waals surface area contributed by atoms with Gasteiger partial charge >= 0.3 is 17.9 Å². The highest BCUT2D eigenvalue weighted by molar-refractivity contribution is 6.29. The fourth-order valence-electron chi connectivity index (χ4n) is 1.88. The van der Waals surface area contributed by atoms with Crippen molar-refractivity contribution in [3.63, 3.8) is 0 Å². The van der Waals surface area contributed by atoms with Gasteiger partial charge in [0.05, 0.1) is 17.7 Å². The van der Waals surface area contributed by atoms with Gasteiger partial charge in [0.25, 0.3) is 0 Å². The molecule has 0 atom stereocenters. The highest BCUT2D eigenvalue weighted by Gasteiger charge is 2.32. The summed E-state index contributed by atoms with van der Waals surface area (Å²) < 4.78 is 9.49. The zero-order valence-corrected chi connectivity index (χ0v) is 10.6. The predicted molar refractivity (Wildman–Crippen MR) is 66.1 cm³/mol. The molecular weight excluding hydrogens is 248 g/mol. The molecule has 0 amide bonds.